The largest absolute Gasteiger partial charge is 2.00 e. The third-order valence-electron chi connectivity index (χ3n) is 1.62. The van der Waals surface area contributed by atoms with Crippen LogP contribution >= 0.6 is 0 Å². The molecule has 2 heterocycles. The molecule has 0 bridgehead atoms. The summed E-state index contributed by atoms with van der Waals surface area (Å²) in [6.07, 6.45) is 7.21. The molecule has 2 rings (SSSR count). The van der Waals surface area contributed by atoms with E-state index in [4.69, 9.17) is 19.8 Å². The van der Waals surface area contributed by atoms with Crippen molar-refractivity contribution in [2.45, 2.75) is 27.7 Å². The molecular formula is C16H20N2O4Pt. The SMILES string of the molecule is CC(=O)[O-].CC(=O)[O-].Cc1cccnc1.Cc1cccnc1.[Pt+2]. The van der Waals surface area contributed by atoms with Gasteiger partial charge in [0.1, 0.15) is 0 Å². The van der Waals surface area contributed by atoms with Crippen LogP contribution in [0.5, 0.6) is 0 Å². The van der Waals surface area contributed by atoms with E-state index in [0.29, 0.717) is 0 Å². The summed E-state index contributed by atoms with van der Waals surface area (Å²) in [5, 5.41) is 17.8. The molecule has 128 valence electrons. The maximum Gasteiger partial charge on any atom is 2.00 e. The Labute approximate surface area is 150 Å². The fourth-order valence-electron chi connectivity index (χ4n) is 0.896. The zero-order valence-corrected chi connectivity index (χ0v) is 15.7. The van der Waals surface area contributed by atoms with Crippen LogP contribution in [0.4, 0.5) is 0 Å². The van der Waals surface area contributed by atoms with E-state index in [1.165, 1.54) is 11.1 Å². The van der Waals surface area contributed by atoms with E-state index in [1.54, 1.807) is 12.4 Å². The monoisotopic (exact) mass is 499 g/mol. The number of carbonyl (C=O) groups excluding carboxylic acids is 2. The first-order valence-electron chi connectivity index (χ1n) is 6.34. The van der Waals surface area contributed by atoms with Gasteiger partial charge in [-0.15, -0.1) is 0 Å². The number of hydrogen-bond donors (Lipinski definition) is 0. The molecule has 0 atom stereocenters. The first-order chi connectivity index (χ1) is 10.3. The zero-order valence-electron chi connectivity index (χ0n) is 13.5. The van der Waals surface area contributed by atoms with Gasteiger partial charge >= 0.3 is 21.1 Å². The molecule has 0 aromatic carbocycles. The van der Waals surface area contributed by atoms with Gasteiger partial charge in [-0.1, -0.05) is 12.1 Å². The fourth-order valence-corrected chi connectivity index (χ4v) is 0.896. The van der Waals surface area contributed by atoms with Crippen LogP contribution in [-0.2, 0) is 30.7 Å². The number of carbonyl (C=O) groups is 2. The van der Waals surface area contributed by atoms with E-state index in [-0.39, 0.29) is 21.1 Å². The molecule has 0 aliphatic rings. The standard InChI is InChI=1S/2C6H7N.2C2H4O2.Pt/c2*1-6-3-2-4-7-5-6;2*1-2(3)4;/h2*2-5H,1H3;2*1H3,(H,3,4);/q;;;;+2/p-2. The van der Waals surface area contributed by atoms with Crippen LogP contribution in [-0.4, -0.2) is 21.9 Å². The van der Waals surface area contributed by atoms with Crippen LogP contribution < -0.4 is 10.2 Å². The minimum Gasteiger partial charge on any atom is -0.550 e. The smallest absolute Gasteiger partial charge is 0.550 e. The van der Waals surface area contributed by atoms with Crippen molar-refractivity contribution in [1.29, 1.82) is 0 Å². The van der Waals surface area contributed by atoms with Gasteiger partial charge in [-0.2, -0.15) is 0 Å². The van der Waals surface area contributed by atoms with Gasteiger partial charge in [0.05, 0.1) is 0 Å². The van der Waals surface area contributed by atoms with Crippen LogP contribution in [0.1, 0.15) is 25.0 Å². The fraction of sp³-hybridized carbons (Fsp3) is 0.250. The molecule has 0 spiro atoms. The second-order valence-electron chi connectivity index (χ2n) is 4.04. The summed E-state index contributed by atoms with van der Waals surface area (Å²) in [6.45, 7) is 5.99. The molecule has 0 aliphatic carbocycles. The van der Waals surface area contributed by atoms with Crippen molar-refractivity contribution in [3.05, 3.63) is 60.2 Å². The van der Waals surface area contributed by atoms with Gasteiger partial charge < -0.3 is 19.8 Å². The van der Waals surface area contributed by atoms with Crippen molar-refractivity contribution in [2.24, 2.45) is 0 Å². The van der Waals surface area contributed by atoms with E-state index in [2.05, 4.69) is 9.97 Å². The number of aryl methyl sites for hydroxylation is 2. The molecule has 0 saturated carbocycles. The second-order valence-corrected chi connectivity index (χ2v) is 4.04. The summed E-state index contributed by atoms with van der Waals surface area (Å²) in [4.78, 5) is 25.5. The molecule has 0 aliphatic heterocycles. The quantitative estimate of drug-likeness (QED) is 0.516. The summed E-state index contributed by atoms with van der Waals surface area (Å²) in [5.74, 6) is -2.17. The van der Waals surface area contributed by atoms with Gasteiger partial charge in [0, 0.05) is 36.7 Å². The Kier molecular flexibility index (Phi) is 20.2. The maximum atomic E-state index is 8.89. The van der Waals surface area contributed by atoms with Crippen molar-refractivity contribution in [3.63, 3.8) is 0 Å². The van der Waals surface area contributed by atoms with Crippen molar-refractivity contribution in [3.8, 4) is 0 Å². The van der Waals surface area contributed by atoms with Crippen molar-refractivity contribution >= 4 is 11.9 Å². The average Bonchev–Trinajstić information content (AvgIpc) is 2.40. The zero-order chi connectivity index (χ0) is 17.4. The molecule has 0 radical (unpaired) electrons. The van der Waals surface area contributed by atoms with Crippen molar-refractivity contribution in [2.75, 3.05) is 0 Å². The normalized spacial score (nSPS) is 7.48. The summed E-state index contributed by atoms with van der Waals surface area (Å²) in [5.41, 5.74) is 2.42. The van der Waals surface area contributed by atoms with Crippen LogP contribution in [0.3, 0.4) is 0 Å². The van der Waals surface area contributed by atoms with Crippen molar-refractivity contribution in [1.82, 2.24) is 9.97 Å². The van der Waals surface area contributed by atoms with Crippen LogP contribution in [0.2, 0.25) is 0 Å². The third-order valence-corrected chi connectivity index (χ3v) is 1.62. The second kappa shape index (κ2) is 18.0. The summed E-state index contributed by atoms with van der Waals surface area (Å²) in [7, 11) is 0. The van der Waals surface area contributed by atoms with Gasteiger partial charge in [-0.05, 0) is 51.0 Å². The molecule has 6 nitrogen and oxygen atoms in total. The number of hydrogen-bond acceptors (Lipinski definition) is 6. The number of nitrogens with zero attached hydrogens (tertiary/aromatic N) is 2. The Morgan fingerprint density at radius 2 is 1.09 bits per heavy atom. The van der Waals surface area contributed by atoms with E-state index in [0.717, 1.165) is 13.8 Å². The molecule has 2 aromatic rings. The van der Waals surface area contributed by atoms with Gasteiger partial charge in [0.15, 0.2) is 0 Å². The first kappa shape index (κ1) is 25.9. The summed E-state index contributed by atoms with van der Waals surface area (Å²) in [6, 6.07) is 7.89. The molecule has 0 N–H and O–H groups in total. The summed E-state index contributed by atoms with van der Waals surface area (Å²) >= 11 is 0. The molecule has 0 unspecified atom stereocenters. The Morgan fingerprint density at radius 3 is 1.17 bits per heavy atom. The van der Waals surface area contributed by atoms with E-state index >= 15 is 0 Å². The topological polar surface area (TPSA) is 106 Å². The number of aromatic nitrogens is 2. The predicted octanol–water partition coefficient (Wildman–Crippen LogP) is 0.290. The number of carboxylic acid groups (broad SMARTS) is 2. The van der Waals surface area contributed by atoms with E-state index < -0.39 is 11.9 Å². The molecular weight excluding hydrogens is 479 g/mol. The van der Waals surface area contributed by atoms with E-state index in [9.17, 15) is 0 Å². The average molecular weight is 499 g/mol. The molecule has 0 saturated heterocycles. The molecule has 2 aromatic heterocycles. The molecule has 0 amide bonds. The van der Waals surface area contributed by atoms with Crippen LogP contribution in [0, 0.1) is 13.8 Å². The van der Waals surface area contributed by atoms with Crippen molar-refractivity contribution < 1.29 is 40.9 Å². The molecule has 7 heteroatoms. The minimum atomic E-state index is -1.08. The maximum absolute atomic E-state index is 8.89. The summed E-state index contributed by atoms with van der Waals surface area (Å²) < 4.78 is 0. The van der Waals surface area contributed by atoms with Gasteiger partial charge in [-0.3, -0.25) is 9.97 Å². The third kappa shape index (κ3) is 33.0. The number of rotatable bonds is 0. The van der Waals surface area contributed by atoms with Gasteiger partial charge in [-0.25, -0.2) is 0 Å². The van der Waals surface area contributed by atoms with Crippen LogP contribution in [0.25, 0.3) is 0 Å². The number of carboxylic acids is 2. The Morgan fingerprint density at radius 1 is 0.826 bits per heavy atom. The molecule has 23 heavy (non-hydrogen) atoms. The number of pyridine rings is 2. The first-order valence-corrected chi connectivity index (χ1v) is 6.34. The Hall–Kier alpha value is -2.07. The minimum absolute atomic E-state index is 0. The van der Waals surface area contributed by atoms with Crippen LogP contribution in [0.15, 0.2) is 49.1 Å². The van der Waals surface area contributed by atoms with Gasteiger partial charge in [0.2, 0.25) is 0 Å². The Bertz CT molecular complexity index is 465. The predicted molar refractivity (Wildman–Crippen MR) is 79.3 cm³/mol. The Balaban J connectivity index is -0.000000238. The number of aliphatic carboxylic acids is 2. The van der Waals surface area contributed by atoms with Gasteiger partial charge in [0.25, 0.3) is 0 Å². The van der Waals surface area contributed by atoms with E-state index in [1.807, 2.05) is 50.5 Å². The molecule has 0 fully saturated rings.